The second-order valence-electron chi connectivity index (χ2n) is 4.74. The zero-order valence-electron chi connectivity index (χ0n) is 12.1. The van der Waals surface area contributed by atoms with Gasteiger partial charge in [-0.1, -0.05) is 23.7 Å². The number of sulfonamides is 1. The van der Waals surface area contributed by atoms with Crippen molar-refractivity contribution in [3.05, 3.63) is 65.2 Å². The second-order valence-corrected chi connectivity index (χ2v) is 6.91. The van der Waals surface area contributed by atoms with Crippen LogP contribution in [0.4, 0.5) is 4.39 Å². The highest BCUT2D eigenvalue weighted by atomic mass is 35.5. The molecule has 0 atom stereocenters. The van der Waals surface area contributed by atoms with E-state index in [0.717, 1.165) is 6.07 Å². The standard InChI is InChI=1S/C14H11ClFN5O2S/c15-10-5-7-11(8-6-10)21-14(18-19-20-21)9-17-24(22,23)13-4-2-1-3-12(13)16/h1-8,17H,9H2. The maximum absolute atomic E-state index is 13.7. The minimum Gasteiger partial charge on any atom is -0.207 e. The van der Waals surface area contributed by atoms with Gasteiger partial charge in [0.1, 0.15) is 10.7 Å². The van der Waals surface area contributed by atoms with Gasteiger partial charge in [-0.05, 0) is 46.8 Å². The molecule has 3 rings (SSSR count). The smallest absolute Gasteiger partial charge is 0.207 e. The molecule has 0 radical (unpaired) electrons. The average Bonchev–Trinajstić information content (AvgIpc) is 3.02. The van der Waals surface area contributed by atoms with Gasteiger partial charge in [0, 0.05) is 5.02 Å². The Balaban J connectivity index is 1.82. The lowest BCUT2D eigenvalue weighted by Crippen LogP contribution is -2.25. The van der Waals surface area contributed by atoms with Gasteiger partial charge in [-0.2, -0.15) is 4.68 Å². The molecule has 0 saturated carbocycles. The first-order valence-electron chi connectivity index (χ1n) is 6.75. The van der Waals surface area contributed by atoms with Crippen LogP contribution in [0.15, 0.2) is 53.4 Å². The number of nitrogens with one attached hydrogen (secondary N) is 1. The Kier molecular flexibility index (Phi) is 4.56. The molecule has 1 heterocycles. The number of tetrazole rings is 1. The molecular weight excluding hydrogens is 357 g/mol. The van der Waals surface area contributed by atoms with E-state index in [-0.39, 0.29) is 12.4 Å². The third-order valence-corrected chi connectivity index (χ3v) is 4.84. The van der Waals surface area contributed by atoms with Gasteiger partial charge in [-0.25, -0.2) is 17.5 Å². The molecule has 0 unspecified atom stereocenters. The fraction of sp³-hybridized carbons (Fsp3) is 0.0714. The third kappa shape index (κ3) is 3.42. The van der Waals surface area contributed by atoms with E-state index in [0.29, 0.717) is 10.7 Å². The summed E-state index contributed by atoms with van der Waals surface area (Å²) in [5.74, 6) is -0.584. The molecule has 0 bridgehead atoms. The number of hydrogen-bond donors (Lipinski definition) is 1. The first-order valence-corrected chi connectivity index (χ1v) is 8.61. The van der Waals surface area contributed by atoms with Crippen molar-refractivity contribution in [3.8, 4) is 5.69 Å². The lowest BCUT2D eigenvalue weighted by atomic mass is 10.3. The largest absolute Gasteiger partial charge is 0.243 e. The fourth-order valence-corrected chi connectivity index (χ4v) is 3.18. The molecule has 2 aromatic carbocycles. The van der Waals surface area contributed by atoms with E-state index in [2.05, 4.69) is 20.2 Å². The summed E-state index contributed by atoms with van der Waals surface area (Å²) in [6.07, 6.45) is 0. The number of nitrogens with zero attached hydrogens (tertiary/aromatic N) is 4. The minimum absolute atomic E-state index is 0.202. The van der Waals surface area contributed by atoms with Gasteiger partial charge in [0.15, 0.2) is 5.82 Å². The first kappa shape index (κ1) is 16.5. The average molecular weight is 368 g/mol. The Bertz CT molecular complexity index is 959. The Hall–Kier alpha value is -2.36. The van der Waals surface area contributed by atoms with Crippen LogP contribution in [-0.2, 0) is 16.6 Å². The second kappa shape index (κ2) is 6.63. The Labute approximate surface area is 142 Å². The molecule has 0 spiro atoms. The molecule has 0 aliphatic rings. The maximum atomic E-state index is 13.7. The highest BCUT2D eigenvalue weighted by Crippen LogP contribution is 2.15. The topological polar surface area (TPSA) is 89.8 Å². The first-order chi connectivity index (χ1) is 11.5. The van der Waals surface area contributed by atoms with E-state index < -0.39 is 20.7 Å². The van der Waals surface area contributed by atoms with Crippen molar-refractivity contribution >= 4 is 21.6 Å². The van der Waals surface area contributed by atoms with Crippen LogP contribution >= 0.6 is 11.6 Å². The predicted molar refractivity (Wildman–Crippen MR) is 84.6 cm³/mol. The van der Waals surface area contributed by atoms with Gasteiger partial charge in [-0.15, -0.1) is 5.10 Å². The van der Waals surface area contributed by atoms with Gasteiger partial charge < -0.3 is 0 Å². The van der Waals surface area contributed by atoms with Crippen molar-refractivity contribution in [1.82, 2.24) is 24.9 Å². The molecule has 0 fully saturated rings. The molecular formula is C14H11ClFN5O2S. The molecule has 0 aliphatic carbocycles. The van der Waals surface area contributed by atoms with Crippen molar-refractivity contribution in [2.45, 2.75) is 11.4 Å². The van der Waals surface area contributed by atoms with Crippen molar-refractivity contribution < 1.29 is 12.8 Å². The Morgan fingerprint density at radius 2 is 1.83 bits per heavy atom. The van der Waals surface area contributed by atoms with E-state index in [4.69, 9.17) is 11.6 Å². The zero-order valence-corrected chi connectivity index (χ0v) is 13.7. The predicted octanol–water partition coefficient (Wildman–Crippen LogP) is 1.93. The maximum Gasteiger partial charge on any atom is 0.243 e. The Morgan fingerprint density at radius 1 is 1.12 bits per heavy atom. The monoisotopic (exact) mass is 367 g/mol. The number of halogens is 2. The van der Waals surface area contributed by atoms with Gasteiger partial charge in [0.2, 0.25) is 10.0 Å². The lowest BCUT2D eigenvalue weighted by molar-refractivity contribution is 0.554. The quantitative estimate of drug-likeness (QED) is 0.744. The zero-order chi connectivity index (χ0) is 17.2. The molecule has 24 heavy (non-hydrogen) atoms. The summed E-state index contributed by atoms with van der Waals surface area (Å²) in [5, 5.41) is 11.7. The number of hydrogen-bond acceptors (Lipinski definition) is 5. The van der Waals surface area contributed by atoms with Gasteiger partial charge >= 0.3 is 0 Å². The van der Waals surface area contributed by atoms with E-state index >= 15 is 0 Å². The molecule has 3 aromatic rings. The summed E-state index contributed by atoms with van der Waals surface area (Å²) in [4.78, 5) is -0.435. The molecule has 0 saturated heterocycles. The summed E-state index contributed by atoms with van der Waals surface area (Å²) >= 11 is 5.83. The van der Waals surface area contributed by atoms with Crippen LogP contribution in [0.5, 0.6) is 0 Å². The van der Waals surface area contributed by atoms with Crippen molar-refractivity contribution in [1.29, 1.82) is 0 Å². The summed E-state index contributed by atoms with van der Waals surface area (Å²) in [6, 6.07) is 11.8. The van der Waals surface area contributed by atoms with Crippen LogP contribution in [0.2, 0.25) is 5.02 Å². The van der Waals surface area contributed by atoms with Gasteiger partial charge in [-0.3, -0.25) is 0 Å². The molecule has 124 valence electrons. The number of benzene rings is 2. The number of aromatic nitrogens is 4. The summed E-state index contributed by atoms with van der Waals surface area (Å²) in [6.45, 7) is -0.202. The molecule has 7 nitrogen and oxygen atoms in total. The summed E-state index contributed by atoms with van der Waals surface area (Å²) < 4.78 is 41.7. The molecule has 1 N–H and O–H groups in total. The van der Waals surface area contributed by atoms with Crippen LogP contribution in [0, 0.1) is 5.82 Å². The number of rotatable bonds is 5. The van der Waals surface area contributed by atoms with Crippen LogP contribution in [0.1, 0.15) is 5.82 Å². The SMILES string of the molecule is O=S(=O)(NCc1nnnn1-c1ccc(Cl)cc1)c1ccccc1F. The molecule has 10 heteroatoms. The highest BCUT2D eigenvalue weighted by Gasteiger charge is 2.19. The third-order valence-electron chi connectivity index (χ3n) is 3.15. The van der Waals surface area contributed by atoms with Crippen LogP contribution < -0.4 is 4.72 Å². The van der Waals surface area contributed by atoms with Crippen LogP contribution in [-0.4, -0.2) is 28.6 Å². The fourth-order valence-electron chi connectivity index (χ4n) is 2.00. The molecule has 1 aromatic heterocycles. The van der Waals surface area contributed by atoms with Crippen molar-refractivity contribution in [2.75, 3.05) is 0 Å². The van der Waals surface area contributed by atoms with E-state index in [1.165, 1.54) is 22.9 Å². The van der Waals surface area contributed by atoms with Gasteiger partial charge in [0.25, 0.3) is 0 Å². The summed E-state index contributed by atoms with van der Waals surface area (Å²) in [5.41, 5.74) is 0.615. The van der Waals surface area contributed by atoms with E-state index in [1.54, 1.807) is 24.3 Å². The molecule has 0 amide bonds. The van der Waals surface area contributed by atoms with Crippen molar-refractivity contribution in [3.63, 3.8) is 0 Å². The van der Waals surface area contributed by atoms with Gasteiger partial charge in [0.05, 0.1) is 12.2 Å². The summed E-state index contributed by atoms with van der Waals surface area (Å²) in [7, 11) is -4.03. The van der Waals surface area contributed by atoms with Crippen molar-refractivity contribution in [2.24, 2.45) is 0 Å². The lowest BCUT2D eigenvalue weighted by Gasteiger charge is -2.08. The molecule has 0 aliphatic heterocycles. The van der Waals surface area contributed by atoms with E-state index in [1.807, 2.05) is 0 Å². The van der Waals surface area contributed by atoms with Crippen LogP contribution in [0.25, 0.3) is 5.69 Å². The van der Waals surface area contributed by atoms with Crippen LogP contribution in [0.3, 0.4) is 0 Å². The minimum atomic E-state index is -4.03. The normalized spacial score (nSPS) is 11.6. The van der Waals surface area contributed by atoms with E-state index in [9.17, 15) is 12.8 Å². The Morgan fingerprint density at radius 3 is 2.54 bits per heavy atom. The highest BCUT2D eigenvalue weighted by molar-refractivity contribution is 7.89.